The molecule has 1 aliphatic rings. The van der Waals surface area contributed by atoms with E-state index in [-0.39, 0.29) is 17.9 Å². The monoisotopic (exact) mass is 453 g/mol. The van der Waals surface area contributed by atoms with Crippen LogP contribution in [0, 0.1) is 5.92 Å². The van der Waals surface area contributed by atoms with Crippen molar-refractivity contribution in [3.8, 4) is 10.6 Å². The Kier molecular flexibility index (Phi) is 5.33. The molecule has 9 heteroatoms. The van der Waals surface area contributed by atoms with Crippen LogP contribution in [0.1, 0.15) is 37.4 Å². The first-order valence-electron chi connectivity index (χ1n) is 10.3. The zero-order valence-corrected chi connectivity index (χ0v) is 18.9. The van der Waals surface area contributed by atoms with E-state index in [2.05, 4.69) is 10.3 Å². The highest BCUT2D eigenvalue weighted by Gasteiger charge is 2.41. The van der Waals surface area contributed by atoms with Crippen LogP contribution >= 0.6 is 22.7 Å². The average molecular weight is 454 g/mol. The van der Waals surface area contributed by atoms with Crippen LogP contribution in [0.5, 0.6) is 0 Å². The Balaban J connectivity index is 1.46. The van der Waals surface area contributed by atoms with E-state index in [1.807, 2.05) is 61.8 Å². The number of hydrogen-bond donors (Lipinski definition) is 1. The third-order valence-electron chi connectivity index (χ3n) is 5.61. The van der Waals surface area contributed by atoms with Gasteiger partial charge in [-0.15, -0.1) is 27.8 Å². The molecule has 5 rings (SSSR count). The molecule has 1 saturated heterocycles. The topological polar surface area (TPSA) is 84.1 Å². The van der Waals surface area contributed by atoms with Gasteiger partial charge in [0.1, 0.15) is 16.7 Å². The second-order valence-corrected chi connectivity index (χ2v) is 10.2. The SMILES string of the molecule is CC(C)[C@H](C(=O)N1C[C@H](O)C[C@H]1c1nc2ccccc2s1)n1cc(-c2cccs2)nn1. The van der Waals surface area contributed by atoms with E-state index in [0.717, 1.165) is 25.8 Å². The van der Waals surface area contributed by atoms with Gasteiger partial charge < -0.3 is 10.0 Å². The van der Waals surface area contributed by atoms with Crippen LogP contribution in [0.4, 0.5) is 0 Å². The first-order chi connectivity index (χ1) is 15.0. The summed E-state index contributed by atoms with van der Waals surface area (Å²) in [4.78, 5) is 21.3. The lowest BCUT2D eigenvalue weighted by Crippen LogP contribution is -2.40. The lowest BCUT2D eigenvalue weighted by Gasteiger charge is -2.29. The smallest absolute Gasteiger partial charge is 0.248 e. The predicted molar refractivity (Wildman–Crippen MR) is 122 cm³/mol. The Hall–Kier alpha value is -2.62. The number of nitrogens with zero attached hydrogens (tertiary/aromatic N) is 5. The van der Waals surface area contributed by atoms with Crippen LogP contribution in [-0.2, 0) is 4.79 Å². The highest BCUT2D eigenvalue weighted by atomic mass is 32.1. The Morgan fingerprint density at radius 3 is 2.81 bits per heavy atom. The summed E-state index contributed by atoms with van der Waals surface area (Å²) in [6.07, 6.45) is 1.77. The largest absolute Gasteiger partial charge is 0.391 e. The van der Waals surface area contributed by atoms with Crippen LogP contribution in [-0.4, -0.2) is 48.5 Å². The molecular weight excluding hydrogens is 430 g/mol. The number of thiazole rings is 1. The number of thiophene rings is 1. The summed E-state index contributed by atoms with van der Waals surface area (Å²) in [7, 11) is 0. The molecule has 0 radical (unpaired) electrons. The van der Waals surface area contributed by atoms with Gasteiger partial charge in [-0.2, -0.15) is 0 Å². The lowest BCUT2D eigenvalue weighted by atomic mass is 10.0. The van der Waals surface area contributed by atoms with Crippen molar-refractivity contribution >= 4 is 38.8 Å². The maximum atomic E-state index is 13.7. The Bertz CT molecular complexity index is 1170. The van der Waals surface area contributed by atoms with Crippen LogP contribution < -0.4 is 0 Å². The zero-order valence-electron chi connectivity index (χ0n) is 17.3. The Morgan fingerprint density at radius 2 is 2.06 bits per heavy atom. The first-order valence-corrected chi connectivity index (χ1v) is 12.0. The molecule has 0 unspecified atom stereocenters. The molecular formula is C22H23N5O2S2. The van der Waals surface area contributed by atoms with E-state index < -0.39 is 12.1 Å². The lowest BCUT2D eigenvalue weighted by molar-refractivity contribution is -0.137. The number of benzene rings is 1. The summed E-state index contributed by atoms with van der Waals surface area (Å²) >= 11 is 3.18. The summed E-state index contributed by atoms with van der Waals surface area (Å²) < 4.78 is 2.76. The molecule has 0 spiro atoms. The molecule has 1 amide bonds. The second-order valence-electron chi connectivity index (χ2n) is 8.17. The average Bonchev–Trinajstić information content (AvgIpc) is 3.52. The van der Waals surface area contributed by atoms with E-state index in [0.29, 0.717) is 13.0 Å². The van der Waals surface area contributed by atoms with Crippen molar-refractivity contribution in [2.24, 2.45) is 5.92 Å². The number of carbonyl (C=O) groups excluding carboxylic acids is 1. The van der Waals surface area contributed by atoms with E-state index in [1.165, 1.54) is 0 Å². The molecule has 1 aliphatic heterocycles. The maximum Gasteiger partial charge on any atom is 0.248 e. The molecule has 31 heavy (non-hydrogen) atoms. The Labute approximate surface area is 188 Å². The van der Waals surface area contributed by atoms with Crippen molar-refractivity contribution in [3.05, 3.63) is 53.0 Å². The molecule has 3 aromatic heterocycles. The molecule has 3 atom stereocenters. The first kappa shape index (κ1) is 20.3. The highest BCUT2D eigenvalue weighted by molar-refractivity contribution is 7.18. The summed E-state index contributed by atoms with van der Waals surface area (Å²) in [6.45, 7) is 4.32. The van der Waals surface area contributed by atoms with Crippen LogP contribution in [0.3, 0.4) is 0 Å². The summed E-state index contributed by atoms with van der Waals surface area (Å²) in [5, 5.41) is 21.9. The molecule has 1 fully saturated rings. The van der Waals surface area contributed by atoms with Gasteiger partial charge in [0.15, 0.2) is 0 Å². The van der Waals surface area contributed by atoms with Crippen molar-refractivity contribution in [2.75, 3.05) is 6.54 Å². The number of para-hydroxylation sites is 1. The summed E-state index contributed by atoms with van der Waals surface area (Å²) in [5.41, 5.74) is 1.69. The van der Waals surface area contributed by atoms with E-state index >= 15 is 0 Å². The quantitative estimate of drug-likeness (QED) is 0.491. The van der Waals surface area contributed by atoms with Crippen molar-refractivity contribution in [2.45, 2.75) is 38.5 Å². The third-order valence-corrected chi connectivity index (χ3v) is 7.64. The van der Waals surface area contributed by atoms with Gasteiger partial charge in [0, 0.05) is 13.0 Å². The van der Waals surface area contributed by atoms with Gasteiger partial charge in [0.05, 0.1) is 33.4 Å². The van der Waals surface area contributed by atoms with Crippen LogP contribution in [0.25, 0.3) is 20.8 Å². The second kappa shape index (κ2) is 8.14. The number of aliphatic hydroxyl groups is 1. The molecule has 1 aromatic carbocycles. The number of aliphatic hydroxyl groups excluding tert-OH is 1. The fourth-order valence-corrected chi connectivity index (χ4v) is 5.92. The minimum absolute atomic E-state index is 0.0131. The predicted octanol–water partition coefficient (Wildman–Crippen LogP) is 4.15. The number of carbonyl (C=O) groups is 1. The van der Waals surface area contributed by atoms with Gasteiger partial charge >= 0.3 is 0 Å². The van der Waals surface area contributed by atoms with Gasteiger partial charge in [-0.25, -0.2) is 9.67 Å². The Morgan fingerprint density at radius 1 is 1.23 bits per heavy atom. The number of aromatic nitrogens is 4. The molecule has 0 saturated carbocycles. The molecule has 0 aliphatic carbocycles. The maximum absolute atomic E-state index is 13.7. The van der Waals surface area contributed by atoms with Crippen LogP contribution in [0.2, 0.25) is 0 Å². The molecule has 7 nitrogen and oxygen atoms in total. The summed E-state index contributed by atoms with van der Waals surface area (Å²) in [5.74, 6) is -0.0439. The van der Waals surface area contributed by atoms with E-state index in [4.69, 9.17) is 4.98 Å². The van der Waals surface area contributed by atoms with Gasteiger partial charge in [0.25, 0.3) is 0 Å². The normalized spacial score (nSPS) is 20.1. The van der Waals surface area contributed by atoms with Gasteiger partial charge in [-0.1, -0.05) is 37.3 Å². The molecule has 4 aromatic rings. The summed E-state index contributed by atoms with van der Waals surface area (Å²) in [6, 6.07) is 11.2. The highest BCUT2D eigenvalue weighted by Crippen LogP contribution is 2.38. The van der Waals surface area contributed by atoms with Gasteiger partial charge in [-0.05, 0) is 29.5 Å². The minimum atomic E-state index is -0.564. The molecule has 1 N–H and O–H groups in total. The van der Waals surface area contributed by atoms with E-state index in [1.54, 1.807) is 32.3 Å². The minimum Gasteiger partial charge on any atom is -0.391 e. The van der Waals surface area contributed by atoms with Crippen molar-refractivity contribution in [1.82, 2.24) is 24.9 Å². The van der Waals surface area contributed by atoms with Crippen molar-refractivity contribution in [3.63, 3.8) is 0 Å². The number of hydrogen-bond acceptors (Lipinski definition) is 7. The van der Waals surface area contributed by atoms with Crippen molar-refractivity contribution in [1.29, 1.82) is 0 Å². The number of fused-ring (bicyclic) bond motifs is 1. The molecule has 0 bridgehead atoms. The van der Waals surface area contributed by atoms with Crippen LogP contribution in [0.15, 0.2) is 48.0 Å². The van der Waals surface area contributed by atoms with Crippen molar-refractivity contribution < 1.29 is 9.90 Å². The fourth-order valence-electron chi connectivity index (χ4n) is 4.15. The zero-order chi connectivity index (χ0) is 21.5. The number of likely N-dealkylation sites (tertiary alicyclic amines) is 1. The fraction of sp³-hybridized carbons (Fsp3) is 0.364. The number of amides is 1. The number of β-amino-alcohol motifs (C(OH)–C–C–N with tert-alkyl or cyclic N) is 1. The van der Waals surface area contributed by atoms with E-state index in [9.17, 15) is 9.90 Å². The number of rotatable bonds is 5. The van der Waals surface area contributed by atoms with Gasteiger partial charge in [0.2, 0.25) is 5.91 Å². The standard InChI is InChI=1S/C22H23N5O2S2/c1-13(2)20(27-12-16(24-25-27)18-8-5-9-30-18)22(29)26-11-14(28)10-17(26)21-23-15-6-3-4-7-19(15)31-21/h3-9,12-14,17,20,28H,10-11H2,1-2H3/t14-,17+,20-/m1/s1. The third kappa shape index (κ3) is 3.77. The van der Waals surface area contributed by atoms with Gasteiger partial charge in [-0.3, -0.25) is 4.79 Å². The molecule has 4 heterocycles. The molecule has 160 valence electrons.